The number of benzene rings is 1. The minimum absolute atomic E-state index is 0.0631. The molecule has 1 aromatic rings. The molecule has 1 aromatic carbocycles. The first-order chi connectivity index (χ1) is 6.15. The SMILES string of the molecule is COC(=O)c1cccc(N(O)O)c1. The smallest absolute Gasteiger partial charge is 0.337 e. The quantitative estimate of drug-likeness (QED) is 0.530. The lowest BCUT2D eigenvalue weighted by Gasteiger charge is -2.08. The van der Waals surface area contributed by atoms with Crippen molar-refractivity contribution in [2.75, 3.05) is 12.3 Å². The third-order valence-corrected chi connectivity index (χ3v) is 1.50. The topological polar surface area (TPSA) is 70.0 Å². The lowest BCUT2D eigenvalue weighted by Crippen LogP contribution is -2.12. The van der Waals surface area contributed by atoms with E-state index in [0.29, 0.717) is 0 Å². The maximum Gasteiger partial charge on any atom is 0.337 e. The molecule has 2 N–H and O–H groups in total. The van der Waals surface area contributed by atoms with Gasteiger partial charge in [-0.1, -0.05) is 6.07 Å². The monoisotopic (exact) mass is 183 g/mol. The summed E-state index contributed by atoms with van der Waals surface area (Å²) in [6.07, 6.45) is 0. The number of hydrogen-bond donors (Lipinski definition) is 2. The molecule has 0 atom stereocenters. The van der Waals surface area contributed by atoms with Gasteiger partial charge in [-0.05, 0) is 18.2 Å². The number of hydrogen-bond acceptors (Lipinski definition) is 5. The Balaban J connectivity index is 2.98. The van der Waals surface area contributed by atoms with Crippen molar-refractivity contribution in [3.05, 3.63) is 29.8 Å². The van der Waals surface area contributed by atoms with E-state index in [9.17, 15) is 4.79 Å². The normalized spacial score (nSPS) is 9.46. The molecular formula is C8H9NO4. The summed E-state index contributed by atoms with van der Waals surface area (Å²) in [4.78, 5) is 11.0. The molecule has 13 heavy (non-hydrogen) atoms. The van der Waals surface area contributed by atoms with Crippen molar-refractivity contribution in [3.63, 3.8) is 0 Å². The Hall–Kier alpha value is -1.59. The number of esters is 1. The van der Waals surface area contributed by atoms with Crippen molar-refractivity contribution in [2.45, 2.75) is 0 Å². The van der Waals surface area contributed by atoms with Gasteiger partial charge in [0.25, 0.3) is 0 Å². The lowest BCUT2D eigenvalue weighted by atomic mass is 10.2. The number of anilines is 1. The minimum atomic E-state index is -0.524. The minimum Gasteiger partial charge on any atom is -0.465 e. The van der Waals surface area contributed by atoms with E-state index in [1.54, 1.807) is 0 Å². The average Bonchev–Trinajstić information content (AvgIpc) is 2.17. The molecular weight excluding hydrogens is 174 g/mol. The predicted molar refractivity (Wildman–Crippen MR) is 43.8 cm³/mol. The van der Waals surface area contributed by atoms with E-state index in [1.807, 2.05) is 0 Å². The Labute approximate surface area is 74.7 Å². The van der Waals surface area contributed by atoms with Gasteiger partial charge in [-0.3, -0.25) is 10.4 Å². The van der Waals surface area contributed by atoms with Crippen LogP contribution in [0.1, 0.15) is 10.4 Å². The van der Waals surface area contributed by atoms with Gasteiger partial charge in [0.2, 0.25) is 0 Å². The second-order valence-electron chi connectivity index (χ2n) is 2.33. The lowest BCUT2D eigenvalue weighted by molar-refractivity contribution is 0.0291. The number of methoxy groups -OCH3 is 1. The van der Waals surface area contributed by atoms with E-state index in [1.165, 1.54) is 31.4 Å². The molecule has 0 aliphatic rings. The van der Waals surface area contributed by atoms with Crippen LogP contribution in [-0.4, -0.2) is 23.5 Å². The Kier molecular flexibility index (Phi) is 2.84. The molecule has 0 saturated heterocycles. The van der Waals surface area contributed by atoms with Crippen LogP contribution >= 0.6 is 0 Å². The summed E-state index contributed by atoms with van der Waals surface area (Å²) >= 11 is 0. The fourth-order valence-electron chi connectivity index (χ4n) is 0.875. The summed E-state index contributed by atoms with van der Waals surface area (Å²) in [6.45, 7) is 0. The van der Waals surface area contributed by atoms with Gasteiger partial charge in [-0.2, -0.15) is 0 Å². The highest BCUT2D eigenvalue weighted by molar-refractivity contribution is 5.90. The number of nitrogens with zero attached hydrogens (tertiary/aromatic N) is 1. The van der Waals surface area contributed by atoms with Gasteiger partial charge in [-0.15, -0.1) is 5.23 Å². The molecule has 0 bridgehead atoms. The maximum atomic E-state index is 11.0. The van der Waals surface area contributed by atoms with Gasteiger partial charge in [0.15, 0.2) is 0 Å². The van der Waals surface area contributed by atoms with Crippen LogP contribution in [0.15, 0.2) is 24.3 Å². The maximum absolute atomic E-state index is 11.0. The fraction of sp³-hybridized carbons (Fsp3) is 0.125. The highest BCUT2D eigenvalue weighted by Gasteiger charge is 2.07. The van der Waals surface area contributed by atoms with Gasteiger partial charge in [-0.25, -0.2) is 4.79 Å². The molecule has 0 fully saturated rings. The average molecular weight is 183 g/mol. The van der Waals surface area contributed by atoms with Gasteiger partial charge < -0.3 is 4.74 Å². The number of ether oxygens (including phenoxy) is 1. The molecule has 1 rings (SSSR count). The molecule has 0 aliphatic heterocycles. The molecule has 0 aromatic heterocycles. The van der Waals surface area contributed by atoms with Crippen LogP contribution in [0.3, 0.4) is 0 Å². The highest BCUT2D eigenvalue weighted by Crippen LogP contribution is 2.13. The van der Waals surface area contributed by atoms with E-state index in [-0.39, 0.29) is 16.5 Å². The van der Waals surface area contributed by atoms with E-state index in [0.717, 1.165) is 0 Å². The first kappa shape index (κ1) is 9.50. The van der Waals surface area contributed by atoms with E-state index < -0.39 is 5.97 Å². The van der Waals surface area contributed by atoms with Crippen LogP contribution < -0.4 is 5.23 Å². The van der Waals surface area contributed by atoms with E-state index in [4.69, 9.17) is 10.4 Å². The summed E-state index contributed by atoms with van der Waals surface area (Å²) < 4.78 is 4.45. The van der Waals surface area contributed by atoms with E-state index in [2.05, 4.69) is 4.74 Å². The number of carbonyl (C=O) groups is 1. The highest BCUT2D eigenvalue weighted by atomic mass is 16.8. The van der Waals surface area contributed by atoms with Crippen molar-refractivity contribution < 1.29 is 19.9 Å². The van der Waals surface area contributed by atoms with Crippen molar-refractivity contribution in [2.24, 2.45) is 0 Å². The summed E-state index contributed by atoms with van der Waals surface area (Å²) in [7, 11) is 1.25. The zero-order chi connectivity index (χ0) is 9.84. The van der Waals surface area contributed by atoms with Crippen LogP contribution in [-0.2, 0) is 4.74 Å². The Morgan fingerprint density at radius 3 is 2.69 bits per heavy atom. The number of rotatable bonds is 2. The Morgan fingerprint density at radius 2 is 2.15 bits per heavy atom. The van der Waals surface area contributed by atoms with Gasteiger partial charge in [0.1, 0.15) is 0 Å². The molecule has 5 nitrogen and oxygen atoms in total. The summed E-state index contributed by atoms with van der Waals surface area (Å²) in [6, 6.07) is 5.76. The zero-order valence-electron chi connectivity index (χ0n) is 6.97. The summed E-state index contributed by atoms with van der Waals surface area (Å²) in [5.41, 5.74) is 0.357. The predicted octanol–water partition coefficient (Wildman–Crippen LogP) is 1.06. The molecule has 70 valence electrons. The summed E-state index contributed by atoms with van der Waals surface area (Å²) in [5.74, 6) is -0.524. The molecule has 5 heteroatoms. The fourth-order valence-corrected chi connectivity index (χ4v) is 0.875. The molecule has 0 radical (unpaired) electrons. The summed E-state index contributed by atoms with van der Waals surface area (Å²) in [5, 5.41) is 17.2. The van der Waals surface area contributed by atoms with Crippen molar-refractivity contribution in [1.29, 1.82) is 0 Å². The van der Waals surface area contributed by atoms with Crippen molar-refractivity contribution in [1.82, 2.24) is 0 Å². The largest absolute Gasteiger partial charge is 0.465 e. The molecule has 0 saturated carbocycles. The van der Waals surface area contributed by atoms with Gasteiger partial charge in [0, 0.05) is 0 Å². The van der Waals surface area contributed by atoms with Crippen LogP contribution in [0.4, 0.5) is 5.69 Å². The van der Waals surface area contributed by atoms with Gasteiger partial charge in [0.05, 0.1) is 18.4 Å². The molecule has 0 unspecified atom stereocenters. The van der Waals surface area contributed by atoms with Crippen LogP contribution in [0.2, 0.25) is 0 Å². The van der Waals surface area contributed by atoms with Gasteiger partial charge >= 0.3 is 5.97 Å². The van der Waals surface area contributed by atoms with Crippen molar-refractivity contribution >= 4 is 11.7 Å². The third kappa shape index (κ3) is 2.17. The Morgan fingerprint density at radius 1 is 1.46 bits per heavy atom. The first-order valence-corrected chi connectivity index (χ1v) is 3.51. The second-order valence-corrected chi connectivity index (χ2v) is 2.33. The zero-order valence-corrected chi connectivity index (χ0v) is 6.97. The first-order valence-electron chi connectivity index (χ1n) is 3.51. The van der Waals surface area contributed by atoms with Crippen LogP contribution in [0.5, 0.6) is 0 Å². The van der Waals surface area contributed by atoms with E-state index >= 15 is 0 Å². The third-order valence-electron chi connectivity index (χ3n) is 1.50. The Bertz CT molecular complexity index is 311. The second kappa shape index (κ2) is 3.88. The number of carbonyl (C=O) groups excluding carboxylic acids is 1. The molecule has 0 aliphatic carbocycles. The van der Waals surface area contributed by atoms with Crippen LogP contribution in [0, 0.1) is 0 Å². The molecule has 0 spiro atoms. The molecule has 0 amide bonds. The van der Waals surface area contributed by atoms with Crippen molar-refractivity contribution in [3.8, 4) is 0 Å². The molecule has 0 heterocycles. The van der Waals surface area contributed by atoms with Crippen LogP contribution in [0.25, 0.3) is 0 Å². The standard InChI is InChI=1S/C8H9NO4/c1-13-8(10)6-3-2-4-7(5-6)9(11)12/h2-5,11-12H,1H3.